The number of halogens is 3. The van der Waals surface area contributed by atoms with Crippen LogP contribution in [0.2, 0.25) is 5.02 Å². The molecule has 0 spiro atoms. The molecule has 3 N–H and O–H groups in total. The lowest BCUT2D eigenvalue weighted by Crippen LogP contribution is -2.22. The quantitative estimate of drug-likeness (QED) is 0.834. The van der Waals surface area contributed by atoms with Crippen molar-refractivity contribution in [1.82, 2.24) is 5.32 Å². The minimum Gasteiger partial charge on any atom is -0.391 e. The number of oxime groups is 1. The molecular weight excluding hydrogens is 309 g/mol. The molecule has 1 fully saturated rings. The van der Waals surface area contributed by atoms with E-state index in [9.17, 15) is 0 Å². The summed E-state index contributed by atoms with van der Waals surface area (Å²) >= 11 is 5.80. The number of nitrogens with zero attached hydrogens (tertiary/aromatic N) is 1. The summed E-state index contributed by atoms with van der Waals surface area (Å²) in [5.74, 6) is 0.306. The SMILES string of the molecule is Cl.Cl.NCC1CNCC1=NOCc1ccc(Cl)cc1. The van der Waals surface area contributed by atoms with Gasteiger partial charge in [0, 0.05) is 30.6 Å². The van der Waals surface area contributed by atoms with Crippen molar-refractivity contribution in [1.29, 1.82) is 0 Å². The van der Waals surface area contributed by atoms with Gasteiger partial charge in [-0.1, -0.05) is 28.9 Å². The van der Waals surface area contributed by atoms with Gasteiger partial charge >= 0.3 is 0 Å². The molecule has 19 heavy (non-hydrogen) atoms. The van der Waals surface area contributed by atoms with E-state index in [1.54, 1.807) is 0 Å². The molecule has 1 aromatic carbocycles. The van der Waals surface area contributed by atoms with Gasteiger partial charge in [-0.05, 0) is 17.7 Å². The van der Waals surface area contributed by atoms with Crippen molar-refractivity contribution in [2.45, 2.75) is 6.61 Å². The van der Waals surface area contributed by atoms with Crippen LogP contribution in [0.25, 0.3) is 0 Å². The van der Waals surface area contributed by atoms with Crippen molar-refractivity contribution < 1.29 is 4.84 Å². The zero-order chi connectivity index (χ0) is 12.1. The summed E-state index contributed by atoms with van der Waals surface area (Å²) < 4.78 is 0. The number of hydrogen-bond donors (Lipinski definition) is 2. The summed E-state index contributed by atoms with van der Waals surface area (Å²) in [6.07, 6.45) is 0. The molecule has 1 heterocycles. The molecule has 4 nitrogen and oxygen atoms in total. The molecule has 0 aromatic heterocycles. The number of nitrogens with one attached hydrogen (secondary N) is 1. The van der Waals surface area contributed by atoms with Gasteiger partial charge in [0.25, 0.3) is 0 Å². The van der Waals surface area contributed by atoms with E-state index in [0.29, 0.717) is 19.1 Å². The molecule has 1 aromatic rings. The second-order valence-corrected chi connectivity index (χ2v) is 4.48. The van der Waals surface area contributed by atoms with Crippen LogP contribution in [0, 0.1) is 5.92 Å². The Morgan fingerprint density at radius 2 is 2.00 bits per heavy atom. The second-order valence-electron chi connectivity index (χ2n) is 4.05. The van der Waals surface area contributed by atoms with Gasteiger partial charge in [-0.15, -0.1) is 24.8 Å². The van der Waals surface area contributed by atoms with Gasteiger partial charge < -0.3 is 15.9 Å². The first-order valence-corrected chi connectivity index (χ1v) is 6.01. The second kappa shape index (κ2) is 9.39. The molecular formula is C12H18Cl3N3O. The molecule has 7 heteroatoms. The monoisotopic (exact) mass is 325 g/mol. The standard InChI is InChI=1S/C12H16ClN3O.2ClH/c13-11-3-1-9(2-4-11)8-17-16-12-7-15-6-10(12)5-14;;/h1-4,10,15H,5-8,14H2;2*1H. The van der Waals surface area contributed by atoms with Crippen LogP contribution in [0.4, 0.5) is 0 Å². The topological polar surface area (TPSA) is 59.6 Å². The van der Waals surface area contributed by atoms with E-state index in [1.807, 2.05) is 24.3 Å². The lowest BCUT2D eigenvalue weighted by atomic mass is 10.1. The average Bonchev–Trinajstić information content (AvgIpc) is 2.79. The highest BCUT2D eigenvalue weighted by Gasteiger charge is 2.21. The van der Waals surface area contributed by atoms with Crippen LogP contribution >= 0.6 is 36.4 Å². The highest BCUT2D eigenvalue weighted by Crippen LogP contribution is 2.11. The molecule has 1 unspecified atom stereocenters. The van der Waals surface area contributed by atoms with E-state index >= 15 is 0 Å². The van der Waals surface area contributed by atoms with E-state index in [1.165, 1.54) is 0 Å². The molecule has 1 saturated heterocycles. The molecule has 0 amide bonds. The Morgan fingerprint density at radius 1 is 1.32 bits per heavy atom. The summed E-state index contributed by atoms with van der Waals surface area (Å²) in [6, 6.07) is 7.53. The Labute approximate surface area is 130 Å². The van der Waals surface area contributed by atoms with Gasteiger partial charge in [0.1, 0.15) is 6.61 Å². The normalized spacial score (nSPS) is 19.7. The number of benzene rings is 1. The predicted octanol–water partition coefficient (Wildman–Crippen LogP) is 2.23. The minimum atomic E-state index is 0. The van der Waals surface area contributed by atoms with Crippen LogP contribution in [-0.4, -0.2) is 25.3 Å². The fraction of sp³-hybridized carbons (Fsp3) is 0.417. The molecule has 0 bridgehead atoms. The predicted molar refractivity (Wildman–Crippen MR) is 83.6 cm³/mol. The van der Waals surface area contributed by atoms with E-state index in [-0.39, 0.29) is 24.8 Å². The first-order chi connectivity index (χ1) is 8.29. The highest BCUT2D eigenvalue weighted by molar-refractivity contribution is 6.30. The molecule has 1 aliphatic rings. The van der Waals surface area contributed by atoms with Crippen LogP contribution in [-0.2, 0) is 11.4 Å². The fourth-order valence-electron chi connectivity index (χ4n) is 1.73. The molecule has 1 atom stereocenters. The van der Waals surface area contributed by atoms with Crippen LogP contribution in [0.1, 0.15) is 5.56 Å². The zero-order valence-corrected chi connectivity index (χ0v) is 12.7. The van der Waals surface area contributed by atoms with Crippen molar-refractivity contribution in [3.05, 3.63) is 34.9 Å². The van der Waals surface area contributed by atoms with Gasteiger partial charge in [0.2, 0.25) is 0 Å². The first-order valence-electron chi connectivity index (χ1n) is 5.63. The lowest BCUT2D eigenvalue weighted by molar-refractivity contribution is 0.129. The Hall–Kier alpha value is -0.520. The fourth-order valence-corrected chi connectivity index (χ4v) is 1.86. The Balaban J connectivity index is 0.00000162. The Bertz CT molecular complexity index is 398. The van der Waals surface area contributed by atoms with E-state index < -0.39 is 0 Å². The first kappa shape index (κ1) is 18.5. The average molecular weight is 327 g/mol. The third kappa shape index (κ3) is 5.55. The largest absolute Gasteiger partial charge is 0.391 e. The zero-order valence-electron chi connectivity index (χ0n) is 10.3. The summed E-state index contributed by atoms with van der Waals surface area (Å²) in [6.45, 7) is 2.72. The summed E-state index contributed by atoms with van der Waals surface area (Å²) in [5, 5.41) is 8.08. The van der Waals surface area contributed by atoms with Gasteiger partial charge in [-0.2, -0.15) is 0 Å². The van der Waals surface area contributed by atoms with Gasteiger partial charge in [0.15, 0.2) is 0 Å². The van der Waals surface area contributed by atoms with Crippen molar-refractivity contribution in [2.75, 3.05) is 19.6 Å². The maximum Gasteiger partial charge on any atom is 0.142 e. The molecule has 2 rings (SSSR count). The minimum absolute atomic E-state index is 0. The van der Waals surface area contributed by atoms with Crippen molar-refractivity contribution in [2.24, 2.45) is 16.8 Å². The lowest BCUT2D eigenvalue weighted by Gasteiger charge is -2.06. The van der Waals surface area contributed by atoms with Crippen molar-refractivity contribution in [3.8, 4) is 0 Å². The third-order valence-electron chi connectivity index (χ3n) is 2.78. The molecule has 0 radical (unpaired) electrons. The van der Waals surface area contributed by atoms with Gasteiger partial charge in [-0.25, -0.2) is 0 Å². The van der Waals surface area contributed by atoms with Crippen LogP contribution < -0.4 is 11.1 Å². The van der Waals surface area contributed by atoms with Gasteiger partial charge in [0.05, 0.1) is 5.71 Å². The van der Waals surface area contributed by atoms with E-state index in [4.69, 9.17) is 22.2 Å². The molecule has 0 aliphatic carbocycles. The van der Waals surface area contributed by atoms with Crippen molar-refractivity contribution >= 4 is 42.1 Å². The van der Waals surface area contributed by atoms with Crippen LogP contribution in [0.5, 0.6) is 0 Å². The maximum absolute atomic E-state index is 5.80. The molecule has 0 saturated carbocycles. The maximum atomic E-state index is 5.80. The van der Waals surface area contributed by atoms with Crippen molar-refractivity contribution in [3.63, 3.8) is 0 Å². The summed E-state index contributed by atoms with van der Waals surface area (Å²) in [7, 11) is 0. The summed E-state index contributed by atoms with van der Waals surface area (Å²) in [5.41, 5.74) is 7.68. The third-order valence-corrected chi connectivity index (χ3v) is 3.03. The van der Waals surface area contributed by atoms with Gasteiger partial charge in [-0.3, -0.25) is 0 Å². The van der Waals surface area contributed by atoms with E-state index in [2.05, 4.69) is 10.5 Å². The molecule has 108 valence electrons. The molecule has 1 aliphatic heterocycles. The summed E-state index contributed by atoms with van der Waals surface area (Å²) in [4.78, 5) is 5.32. The Kier molecular flexibility index (Phi) is 9.14. The van der Waals surface area contributed by atoms with Crippen LogP contribution in [0.3, 0.4) is 0 Å². The number of nitrogens with two attached hydrogens (primary N) is 1. The Morgan fingerprint density at radius 3 is 2.63 bits per heavy atom. The van der Waals surface area contributed by atoms with Crippen LogP contribution in [0.15, 0.2) is 29.4 Å². The van der Waals surface area contributed by atoms with E-state index in [0.717, 1.165) is 29.4 Å². The smallest absolute Gasteiger partial charge is 0.142 e. The number of rotatable bonds is 4. The highest BCUT2D eigenvalue weighted by atomic mass is 35.5. The number of hydrogen-bond acceptors (Lipinski definition) is 4.